The van der Waals surface area contributed by atoms with Gasteiger partial charge in [0.1, 0.15) is 19.6 Å². The van der Waals surface area contributed by atoms with Crippen molar-refractivity contribution in [2.24, 2.45) is 0 Å². The second-order valence-electron chi connectivity index (χ2n) is 4.82. The zero-order chi connectivity index (χ0) is 16.3. The average Bonchev–Trinajstić information content (AvgIpc) is 2.53. The standard InChI is InChI=1S/C15H33NO6/c1-17-10-13-20-7-4-16(5-8-21-14-11-18-2)6-9-22-15-12-19-3/h4-15H2,1-3H3/p+1. The van der Waals surface area contributed by atoms with Crippen molar-refractivity contribution >= 4 is 0 Å². The minimum absolute atomic E-state index is 0.635. The van der Waals surface area contributed by atoms with Gasteiger partial charge in [0.05, 0.1) is 59.5 Å². The van der Waals surface area contributed by atoms with Gasteiger partial charge < -0.3 is 33.3 Å². The van der Waals surface area contributed by atoms with Gasteiger partial charge in [0, 0.05) is 21.3 Å². The lowest BCUT2D eigenvalue weighted by Crippen LogP contribution is -3.13. The third-order valence-electron chi connectivity index (χ3n) is 3.10. The molecule has 7 nitrogen and oxygen atoms in total. The van der Waals surface area contributed by atoms with Crippen LogP contribution in [0.3, 0.4) is 0 Å². The highest BCUT2D eigenvalue weighted by Gasteiger charge is 2.08. The second kappa shape index (κ2) is 18.8. The van der Waals surface area contributed by atoms with Crippen molar-refractivity contribution in [1.29, 1.82) is 0 Å². The third-order valence-corrected chi connectivity index (χ3v) is 3.10. The maximum absolute atomic E-state index is 5.53. The molecule has 0 aliphatic rings. The zero-order valence-corrected chi connectivity index (χ0v) is 14.4. The van der Waals surface area contributed by atoms with Crippen molar-refractivity contribution in [2.75, 3.05) is 100 Å². The molecule has 0 fully saturated rings. The Morgan fingerprint density at radius 2 is 0.773 bits per heavy atom. The molecular formula is C15H34NO6+. The maximum Gasteiger partial charge on any atom is 0.101 e. The van der Waals surface area contributed by atoms with Crippen molar-refractivity contribution in [2.45, 2.75) is 0 Å². The fraction of sp³-hybridized carbons (Fsp3) is 1.00. The Hall–Kier alpha value is -0.280. The van der Waals surface area contributed by atoms with Crippen molar-refractivity contribution in [3.63, 3.8) is 0 Å². The summed E-state index contributed by atoms with van der Waals surface area (Å²) in [5, 5.41) is 0. The highest BCUT2D eigenvalue weighted by molar-refractivity contribution is 4.37. The number of methoxy groups -OCH3 is 3. The molecule has 0 aromatic rings. The van der Waals surface area contributed by atoms with Crippen molar-refractivity contribution in [1.82, 2.24) is 0 Å². The average molecular weight is 324 g/mol. The first-order valence-electron chi connectivity index (χ1n) is 7.88. The van der Waals surface area contributed by atoms with Gasteiger partial charge in [0.25, 0.3) is 0 Å². The largest absolute Gasteiger partial charge is 0.382 e. The Morgan fingerprint density at radius 1 is 0.455 bits per heavy atom. The van der Waals surface area contributed by atoms with Crippen LogP contribution in [0.4, 0.5) is 0 Å². The second-order valence-corrected chi connectivity index (χ2v) is 4.82. The lowest BCUT2D eigenvalue weighted by atomic mass is 10.4. The first-order valence-corrected chi connectivity index (χ1v) is 7.88. The Balaban J connectivity index is 3.72. The lowest BCUT2D eigenvalue weighted by Gasteiger charge is -2.19. The van der Waals surface area contributed by atoms with Crippen LogP contribution in [0.2, 0.25) is 0 Å². The number of hydrogen-bond acceptors (Lipinski definition) is 6. The normalized spacial score (nSPS) is 11.5. The maximum atomic E-state index is 5.53. The quantitative estimate of drug-likeness (QED) is 0.322. The van der Waals surface area contributed by atoms with Crippen molar-refractivity contribution in [3.05, 3.63) is 0 Å². The highest BCUT2D eigenvalue weighted by Crippen LogP contribution is 1.77. The summed E-state index contributed by atoms with van der Waals surface area (Å²) in [6, 6.07) is 0. The summed E-state index contributed by atoms with van der Waals surface area (Å²) in [6.07, 6.45) is 0. The van der Waals surface area contributed by atoms with E-state index in [1.54, 1.807) is 21.3 Å². The molecule has 0 bridgehead atoms. The zero-order valence-electron chi connectivity index (χ0n) is 14.4. The monoisotopic (exact) mass is 324 g/mol. The molecule has 0 aliphatic heterocycles. The summed E-state index contributed by atoms with van der Waals surface area (Å²) >= 11 is 0. The first kappa shape index (κ1) is 21.7. The van der Waals surface area contributed by atoms with Crippen molar-refractivity contribution < 1.29 is 33.3 Å². The SMILES string of the molecule is COCCOCC[NH+](CCOCCOC)CCOCCOC. The molecule has 0 unspecified atom stereocenters. The van der Waals surface area contributed by atoms with E-state index >= 15 is 0 Å². The molecule has 0 aromatic heterocycles. The van der Waals surface area contributed by atoms with E-state index < -0.39 is 0 Å². The number of ether oxygens (including phenoxy) is 6. The summed E-state index contributed by atoms with van der Waals surface area (Å²) in [5.41, 5.74) is 0. The van der Waals surface area contributed by atoms with Gasteiger partial charge in [-0.1, -0.05) is 0 Å². The van der Waals surface area contributed by atoms with Crippen LogP contribution in [0.1, 0.15) is 0 Å². The molecule has 1 N–H and O–H groups in total. The van der Waals surface area contributed by atoms with Crippen LogP contribution in [0.15, 0.2) is 0 Å². The van der Waals surface area contributed by atoms with Crippen LogP contribution < -0.4 is 4.90 Å². The Bertz CT molecular complexity index is 175. The Kier molecular flexibility index (Phi) is 18.5. The summed E-state index contributed by atoms with van der Waals surface area (Å²) in [7, 11) is 5.03. The van der Waals surface area contributed by atoms with Crippen LogP contribution >= 0.6 is 0 Å². The molecule has 0 saturated carbocycles. The number of hydrogen-bond donors (Lipinski definition) is 1. The molecular weight excluding hydrogens is 290 g/mol. The number of nitrogens with one attached hydrogen (secondary N) is 1. The molecule has 7 heteroatoms. The third kappa shape index (κ3) is 16.1. The molecule has 0 radical (unpaired) electrons. The molecule has 0 aliphatic carbocycles. The van der Waals surface area contributed by atoms with Crippen LogP contribution in [0.25, 0.3) is 0 Å². The lowest BCUT2D eigenvalue weighted by molar-refractivity contribution is -0.901. The topological polar surface area (TPSA) is 59.8 Å². The fourth-order valence-corrected chi connectivity index (χ4v) is 1.76. The predicted octanol–water partition coefficient (Wildman–Crippen LogP) is -1.14. The molecule has 0 rings (SSSR count). The smallest absolute Gasteiger partial charge is 0.101 e. The summed E-state index contributed by atoms with van der Waals surface area (Å²) < 4.78 is 31.5. The molecule has 134 valence electrons. The molecule has 0 amide bonds. The van der Waals surface area contributed by atoms with Gasteiger partial charge >= 0.3 is 0 Å². The van der Waals surface area contributed by atoms with Gasteiger partial charge in [0.2, 0.25) is 0 Å². The van der Waals surface area contributed by atoms with Crippen LogP contribution in [-0.2, 0) is 28.4 Å². The molecule has 0 saturated heterocycles. The van der Waals surface area contributed by atoms with Crippen LogP contribution in [0, 0.1) is 0 Å². The Morgan fingerprint density at radius 3 is 1.05 bits per heavy atom. The molecule has 0 atom stereocenters. The van der Waals surface area contributed by atoms with E-state index in [4.69, 9.17) is 28.4 Å². The molecule has 0 heterocycles. The molecule has 22 heavy (non-hydrogen) atoms. The predicted molar refractivity (Wildman–Crippen MR) is 83.6 cm³/mol. The summed E-state index contributed by atoms with van der Waals surface area (Å²) in [5.74, 6) is 0. The fourth-order valence-electron chi connectivity index (χ4n) is 1.76. The first-order chi connectivity index (χ1) is 10.8. The Labute approximate surface area is 134 Å². The van der Waals surface area contributed by atoms with Gasteiger partial charge in [-0.15, -0.1) is 0 Å². The van der Waals surface area contributed by atoms with Gasteiger partial charge in [-0.25, -0.2) is 0 Å². The summed E-state index contributed by atoms with van der Waals surface area (Å²) in [6.45, 7) is 8.77. The molecule has 0 spiro atoms. The van der Waals surface area contributed by atoms with Crippen LogP contribution in [0.5, 0.6) is 0 Å². The number of quaternary nitrogens is 1. The van der Waals surface area contributed by atoms with Gasteiger partial charge in [0.15, 0.2) is 0 Å². The van der Waals surface area contributed by atoms with Gasteiger partial charge in [-0.3, -0.25) is 0 Å². The van der Waals surface area contributed by atoms with E-state index in [2.05, 4.69) is 0 Å². The highest BCUT2D eigenvalue weighted by atomic mass is 16.5. The van der Waals surface area contributed by atoms with E-state index in [1.165, 1.54) is 4.90 Å². The number of rotatable bonds is 18. The van der Waals surface area contributed by atoms with E-state index in [-0.39, 0.29) is 0 Å². The minimum Gasteiger partial charge on any atom is -0.382 e. The van der Waals surface area contributed by atoms with E-state index in [1.807, 2.05) is 0 Å². The van der Waals surface area contributed by atoms with E-state index in [0.29, 0.717) is 39.6 Å². The minimum atomic E-state index is 0.635. The molecule has 0 aromatic carbocycles. The van der Waals surface area contributed by atoms with Gasteiger partial charge in [-0.2, -0.15) is 0 Å². The van der Waals surface area contributed by atoms with Crippen molar-refractivity contribution in [3.8, 4) is 0 Å². The van der Waals surface area contributed by atoms with Gasteiger partial charge in [-0.05, 0) is 0 Å². The van der Waals surface area contributed by atoms with E-state index in [0.717, 1.165) is 39.5 Å². The van der Waals surface area contributed by atoms with Crippen LogP contribution in [-0.4, -0.2) is 100 Å². The van der Waals surface area contributed by atoms with E-state index in [9.17, 15) is 0 Å². The summed E-state index contributed by atoms with van der Waals surface area (Å²) in [4.78, 5) is 1.41.